The molecule has 0 saturated heterocycles. The molecule has 1 aromatic carbocycles. The van der Waals surface area contributed by atoms with Crippen LogP contribution in [0, 0.1) is 0 Å². The van der Waals surface area contributed by atoms with Gasteiger partial charge < -0.3 is 10.1 Å². The summed E-state index contributed by atoms with van der Waals surface area (Å²) in [5.74, 6) is 0.823. The van der Waals surface area contributed by atoms with Crippen molar-refractivity contribution in [2.24, 2.45) is 0 Å². The van der Waals surface area contributed by atoms with E-state index >= 15 is 0 Å². The van der Waals surface area contributed by atoms with Gasteiger partial charge in [-0.25, -0.2) is 4.79 Å². The van der Waals surface area contributed by atoms with Crippen LogP contribution in [0.3, 0.4) is 0 Å². The molecule has 0 radical (unpaired) electrons. The van der Waals surface area contributed by atoms with Gasteiger partial charge in [0.1, 0.15) is 5.60 Å². The minimum Gasteiger partial charge on any atom is -0.444 e. The van der Waals surface area contributed by atoms with Gasteiger partial charge in [-0.1, -0.05) is 30.3 Å². The van der Waals surface area contributed by atoms with E-state index in [0.29, 0.717) is 0 Å². The number of nitrogens with one attached hydrogen (secondary N) is 1. The van der Waals surface area contributed by atoms with E-state index in [9.17, 15) is 4.79 Å². The highest BCUT2D eigenvalue weighted by atomic mass is 32.2. The Balaban J connectivity index is 2.67. The SMILES string of the molecule is CSCC(NC(=O)OC(C)(C)C)c1ccccc1. The number of carbonyl (C=O) groups is 1. The Bertz CT molecular complexity index is 373. The summed E-state index contributed by atoms with van der Waals surface area (Å²) in [5.41, 5.74) is 0.628. The number of alkyl carbamates (subject to hydrolysis) is 1. The molecule has 18 heavy (non-hydrogen) atoms. The number of thioether (sulfide) groups is 1. The number of rotatable bonds is 4. The van der Waals surface area contributed by atoms with Gasteiger partial charge in [-0.2, -0.15) is 11.8 Å². The molecule has 0 spiro atoms. The Labute approximate surface area is 113 Å². The molecule has 1 amide bonds. The largest absolute Gasteiger partial charge is 0.444 e. The first-order valence-electron chi connectivity index (χ1n) is 5.96. The van der Waals surface area contributed by atoms with E-state index in [-0.39, 0.29) is 12.1 Å². The molecular formula is C14H21NO2S. The quantitative estimate of drug-likeness (QED) is 0.905. The van der Waals surface area contributed by atoms with Crippen molar-refractivity contribution in [1.82, 2.24) is 5.32 Å². The average molecular weight is 267 g/mol. The fourth-order valence-electron chi connectivity index (χ4n) is 1.52. The van der Waals surface area contributed by atoms with Crippen LogP contribution < -0.4 is 5.32 Å². The number of benzene rings is 1. The van der Waals surface area contributed by atoms with Crippen molar-refractivity contribution in [1.29, 1.82) is 0 Å². The molecule has 0 aromatic heterocycles. The first-order chi connectivity index (χ1) is 8.42. The van der Waals surface area contributed by atoms with Gasteiger partial charge in [0, 0.05) is 5.75 Å². The third kappa shape index (κ3) is 5.45. The molecule has 1 N–H and O–H groups in total. The molecule has 100 valence electrons. The van der Waals surface area contributed by atoms with Crippen LogP contribution in [0.5, 0.6) is 0 Å². The first kappa shape index (κ1) is 14.9. The van der Waals surface area contributed by atoms with Crippen LogP contribution in [0.1, 0.15) is 32.4 Å². The molecule has 0 aliphatic carbocycles. The highest BCUT2D eigenvalue weighted by Gasteiger charge is 2.20. The molecule has 1 unspecified atom stereocenters. The van der Waals surface area contributed by atoms with Gasteiger partial charge in [0.2, 0.25) is 0 Å². The molecule has 0 bridgehead atoms. The number of amides is 1. The van der Waals surface area contributed by atoms with Crippen molar-refractivity contribution in [2.75, 3.05) is 12.0 Å². The van der Waals surface area contributed by atoms with Crippen LogP contribution in [-0.4, -0.2) is 23.7 Å². The third-order valence-electron chi connectivity index (χ3n) is 2.23. The van der Waals surface area contributed by atoms with E-state index in [1.54, 1.807) is 11.8 Å². The zero-order chi connectivity index (χ0) is 13.6. The van der Waals surface area contributed by atoms with Crippen molar-refractivity contribution < 1.29 is 9.53 Å². The zero-order valence-corrected chi connectivity index (χ0v) is 12.2. The second-order valence-electron chi connectivity index (χ2n) is 5.06. The van der Waals surface area contributed by atoms with Gasteiger partial charge in [-0.15, -0.1) is 0 Å². The molecule has 0 heterocycles. The predicted octanol–water partition coefficient (Wildman–Crippen LogP) is 3.62. The lowest BCUT2D eigenvalue weighted by atomic mass is 10.1. The molecular weight excluding hydrogens is 246 g/mol. The third-order valence-corrected chi connectivity index (χ3v) is 2.89. The second kappa shape index (κ2) is 6.69. The molecule has 1 rings (SSSR count). The summed E-state index contributed by atoms with van der Waals surface area (Å²) in [6.07, 6.45) is 1.65. The fraction of sp³-hybridized carbons (Fsp3) is 0.500. The van der Waals surface area contributed by atoms with Gasteiger partial charge in [-0.05, 0) is 32.6 Å². The lowest BCUT2D eigenvalue weighted by Crippen LogP contribution is -2.35. The molecule has 0 aliphatic heterocycles. The number of hydrogen-bond acceptors (Lipinski definition) is 3. The average Bonchev–Trinajstić information content (AvgIpc) is 2.27. The summed E-state index contributed by atoms with van der Waals surface area (Å²) in [4.78, 5) is 11.8. The van der Waals surface area contributed by atoms with Crippen LogP contribution in [0.4, 0.5) is 4.79 Å². The van der Waals surface area contributed by atoms with Gasteiger partial charge in [0.15, 0.2) is 0 Å². The first-order valence-corrected chi connectivity index (χ1v) is 7.35. The Morgan fingerprint density at radius 1 is 1.33 bits per heavy atom. The minimum absolute atomic E-state index is 0.0175. The standard InChI is InChI=1S/C14H21NO2S/c1-14(2,3)17-13(16)15-12(10-18-4)11-8-6-5-7-9-11/h5-9,12H,10H2,1-4H3,(H,15,16). The van der Waals surface area contributed by atoms with E-state index < -0.39 is 5.60 Å². The fourth-order valence-corrected chi connectivity index (χ4v) is 2.13. The lowest BCUT2D eigenvalue weighted by Gasteiger charge is -2.23. The van der Waals surface area contributed by atoms with Gasteiger partial charge in [0.05, 0.1) is 6.04 Å². The van der Waals surface area contributed by atoms with Crippen molar-refractivity contribution in [3.8, 4) is 0 Å². The number of hydrogen-bond donors (Lipinski definition) is 1. The highest BCUT2D eigenvalue weighted by molar-refractivity contribution is 7.98. The molecule has 0 saturated carbocycles. The summed E-state index contributed by atoms with van der Waals surface area (Å²) < 4.78 is 5.28. The van der Waals surface area contributed by atoms with Crippen molar-refractivity contribution in [3.63, 3.8) is 0 Å². The van der Waals surface area contributed by atoms with E-state index in [2.05, 4.69) is 5.32 Å². The molecule has 0 aliphatic rings. The lowest BCUT2D eigenvalue weighted by molar-refractivity contribution is 0.0509. The maximum Gasteiger partial charge on any atom is 0.408 e. The summed E-state index contributed by atoms with van der Waals surface area (Å²) >= 11 is 1.69. The Morgan fingerprint density at radius 3 is 2.44 bits per heavy atom. The summed E-state index contributed by atoms with van der Waals surface area (Å²) in [6.45, 7) is 5.58. The summed E-state index contributed by atoms with van der Waals surface area (Å²) in [5, 5.41) is 2.91. The Hall–Kier alpha value is -1.16. The van der Waals surface area contributed by atoms with Crippen LogP contribution in [-0.2, 0) is 4.74 Å². The molecule has 1 atom stereocenters. The van der Waals surface area contributed by atoms with Gasteiger partial charge in [0.25, 0.3) is 0 Å². The van der Waals surface area contributed by atoms with Crippen LogP contribution in [0.15, 0.2) is 30.3 Å². The Kier molecular flexibility index (Phi) is 5.54. The van der Waals surface area contributed by atoms with Gasteiger partial charge in [-0.3, -0.25) is 0 Å². The van der Waals surface area contributed by atoms with Crippen molar-refractivity contribution in [3.05, 3.63) is 35.9 Å². The zero-order valence-electron chi connectivity index (χ0n) is 11.4. The van der Waals surface area contributed by atoms with Crippen molar-refractivity contribution >= 4 is 17.9 Å². The maximum atomic E-state index is 11.8. The predicted molar refractivity (Wildman–Crippen MR) is 76.9 cm³/mol. The van der Waals surface area contributed by atoms with Crippen molar-refractivity contribution in [2.45, 2.75) is 32.4 Å². The highest BCUT2D eigenvalue weighted by Crippen LogP contribution is 2.18. The van der Waals surface area contributed by atoms with Crippen LogP contribution in [0.2, 0.25) is 0 Å². The smallest absolute Gasteiger partial charge is 0.408 e. The minimum atomic E-state index is -0.468. The van der Waals surface area contributed by atoms with E-state index in [0.717, 1.165) is 11.3 Å². The monoisotopic (exact) mass is 267 g/mol. The Morgan fingerprint density at radius 2 is 1.94 bits per heavy atom. The van der Waals surface area contributed by atoms with E-state index in [1.807, 2.05) is 57.4 Å². The molecule has 1 aromatic rings. The normalized spacial score (nSPS) is 12.9. The van der Waals surface area contributed by atoms with Crippen LogP contribution in [0.25, 0.3) is 0 Å². The second-order valence-corrected chi connectivity index (χ2v) is 5.98. The topological polar surface area (TPSA) is 38.3 Å². The summed E-state index contributed by atoms with van der Waals surface area (Å²) in [6, 6.07) is 9.92. The van der Waals surface area contributed by atoms with E-state index in [4.69, 9.17) is 4.74 Å². The van der Waals surface area contributed by atoms with E-state index in [1.165, 1.54) is 0 Å². The molecule has 0 fully saturated rings. The van der Waals surface area contributed by atoms with Crippen LogP contribution >= 0.6 is 11.8 Å². The molecule has 4 heteroatoms. The maximum absolute atomic E-state index is 11.8. The molecule has 3 nitrogen and oxygen atoms in total. The van der Waals surface area contributed by atoms with Gasteiger partial charge >= 0.3 is 6.09 Å². The number of ether oxygens (including phenoxy) is 1. The number of carbonyl (C=O) groups excluding carboxylic acids is 1. The summed E-state index contributed by atoms with van der Waals surface area (Å²) in [7, 11) is 0.